The molecule has 25 heavy (non-hydrogen) atoms. The van der Waals surface area contributed by atoms with Crippen molar-refractivity contribution in [3.8, 4) is 0 Å². The smallest absolute Gasteiger partial charge is 0.109 e. The van der Waals surface area contributed by atoms with Gasteiger partial charge in [-0.2, -0.15) is 0 Å². The number of rotatable bonds is 7. The molecule has 2 heterocycles. The van der Waals surface area contributed by atoms with Crippen molar-refractivity contribution in [3.05, 3.63) is 30.1 Å². The number of aromatic nitrogens is 2. The molecular weight excluding hydrogens is 306 g/mol. The van der Waals surface area contributed by atoms with Crippen molar-refractivity contribution in [3.63, 3.8) is 0 Å². The van der Waals surface area contributed by atoms with Gasteiger partial charge >= 0.3 is 0 Å². The highest BCUT2D eigenvalue weighted by molar-refractivity contribution is 5.75. The molecule has 1 aromatic carbocycles. The Bertz CT molecular complexity index is 663. The number of fused-ring (bicyclic) bond motifs is 1. The average molecular weight is 340 g/mol. The zero-order chi connectivity index (χ0) is 16.9. The number of para-hydroxylation sites is 2. The van der Waals surface area contributed by atoms with Gasteiger partial charge in [-0.1, -0.05) is 44.2 Å². The zero-order valence-electron chi connectivity index (χ0n) is 15.6. The van der Waals surface area contributed by atoms with Gasteiger partial charge in [0, 0.05) is 13.0 Å². The summed E-state index contributed by atoms with van der Waals surface area (Å²) in [6.07, 6.45) is 13.7. The first kappa shape index (κ1) is 17.1. The van der Waals surface area contributed by atoms with Gasteiger partial charge in [-0.25, -0.2) is 4.98 Å². The van der Waals surface area contributed by atoms with Crippen molar-refractivity contribution in [1.29, 1.82) is 0 Å². The summed E-state index contributed by atoms with van der Waals surface area (Å²) in [5.74, 6) is 2.25. The predicted octanol–water partition coefficient (Wildman–Crippen LogP) is 5.04. The molecule has 0 spiro atoms. The SMILES string of the molecule is c1ccc2c(c1)nc(CCCN1CCCC1)n2CCC1CCCCC1. The van der Waals surface area contributed by atoms with E-state index in [4.69, 9.17) is 4.98 Å². The first-order valence-electron chi connectivity index (χ1n) is 10.6. The van der Waals surface area contributed by atoms with Crippen LogP contribution in [0.3, 0.4) is 0 Å². The monoisotopic (exact) mass is 339 g/mol. The summed E-state index contributed by atoms with van der Waals surface area (Å²) < 4.78 is 2.54. The van der Waals surface area contributed by atoms with Crippen LogP contribution in [0.1, 0.15) is 63.6 Å². The third-order valence-electron chi connectivity index (χ3n) is 6.29. The van der Waals surface area contributed by atoms with Crippen LogP contribution in [0.2, 0.25) is 0 Å². The maximum Gasteiger partial charge on any atom is 0.109 e. The summed E-state index contributed by atoms with van der Waals surface area (Å²) in [5, 5.41) is 0. The lowest BCUT2D eigenvalue weighted by Gasteiger charge is -2.22. The molecule has 1 saturated heterocycles. The molecule has 1 aliphatic carbocycles. The van der Waals surface area contributed by atoms with E-state index in [2.05, 4.69) is 33.7 Å². The Morgan fingerprint density at radius 3 is 2.56 bits per heavy atom. The van der Waals surface area contributed by atoms with Gasteiger partial charge in [0.1, 0.15) is 5.82 Å². The van der Waals surface area contributed by atoms with Crippen molar-refractivity contribution in [2.75, 3.05) is 19.6 Å². The summed E-state index contributed by atoms with van der Waals surface area (Å²) in [6, 6.07) is 8.72. The fourth-order valence-corrected chi connectivity index (χ4v) is 4.82. The van der Waals surface area contributed by atoms with Gasteiger partial charge < -0.3 is 9.47 Å². The van der Waals surface area contributed by atoms with Crippen molar-refractivity contribution >= 4 is 11.0 Å². The summed E-state index contributed by atoms with van der Waals surface area (Å²) in [5.41, 5.74) is 2.52. The zero-order valence-corrected chi connectivity index (χ0v) is 15.6. The Morgan fingerprint density at radius 2 is 1.72 bits per heavy atom. The molecule has 0 bridgehead atoms. The van der Waals surface area contributed by atoms with E-state index in [1.807, 2.05) is 0 Å². The minimum Gasteiger partial charge on any atom is -0.328 e. The van der Waals surface area contributed by atoms with E-state index < -0.39 is 0 Å². The van der Waals surface area contributed by atoms with Crippen LogP contribution in [0.25, 0.3) is 11.0 Å². The maximum atomic E-state index is 4.98. The van der Waals surface area contributed by atoms with Gasteiger partial charge in [0.25, 0.3) is 0 Å². The molecule has 0 radical (unpaired) electrons. The summed E-state index contributed by atoms with van der Waals surface area (Å²) >= 11 is 0. The number of benzene rings is 1. The van der Waals surface area contributed by atoms with E-state index in [9.17, 15) is 0 Å². The highest BCUT2D eigenvalue weighted by Gasteiger charge is 2.17. The van der Waals surface area contributed by atoms with E-state index in [-0.39, 0.29) is 0 Å². The molecule has 1 aromatic heterocycles. The second-order valence-electron chi connectivity index (χ2n) is 8.11. The molecule has 3 heteroatoms. The molecular formula is C22H33N3. The lowest BCUT2D eigenvalue weighted by Crippen LogP contribution is -2.21. The molecule has 2 fully saturated rings. The van der Waals surface area contributed by atoms with Gasteiger partial charge in [-0.15, -0.1) is 0 Å². The predicted molar refractivity (Wildman–Crippen MR) is 105 cm³/mol. The van der Waals surface area contributed by atoms with Crippen molar-refractivity contribution in [2.45, 2.75) is 70.8 Å². The molecule has 1 saturated carbocycles. The average Bonchev–Trinajstić information content (AvgIpc) is 3.29. The Balaban J connectivity index is 1.42. The van der Waals surface area contributed by atoms with Crippen LogP contribution in [0, 0.1) is 5.92 Å². The van der Waals surface area contributed by atoms with Crippen LogP contribution in [0.4, 0.5) is 0 Å². The summed E-state index contributed by atoms with van der Waals surface area (Å²) in [4.78, 5) is 7.61. The summed E-state index contributed by atoms with van der Waals surface area (Å²) in [6.45, 7) is 5.01. The van der Waals surface area contributed by atoms with Crippen LogP contribution < -0.4 is 0 Å². The Morgan fingerprint density at radius 1 is 0.920 bits per heavy atom. The van der Waals surface area contributed by atoms with Crippen LogP contribution in [-0.4, -0.2) is 34.1 Å². The fraction of sp³-hybridized carbons (Fsp3) is 0.682. The molecule has 136 valence electrons. The van der Waals surface area contributed by atoms with Crippen molar-refractivity contribution in [1.82, 2.24) is 14.5 Å². The lowest BCUT2D eigenvalue weighted by molar-refractivity contribution is 0.320. The largest absolute Gasteiger partial charge is 0.328 e. The van der Waals surface area contributed by atoms with Gasteiger partial charge in [0.05, 0.1) is 11.0 Å². The quantitative estimate of drug-likeness (QED) is 0.705. The van der Waals surface area contributed by atoms with E-state index >= 15 is 0 Å². The fourth-order valence-electron chi connectivity index (χ4n) is 4.82. The van der Waals surface area contributed by atoms with Crippen LogP contribution in [0.5, 0.6) is 0 Å². The van der Waals surface area contributed by atoms with Gasteiger partial charge in [0.15, 0.2) is 0 Å². The Kier molecular flexibility index (Phi) is 5.71. The van der Waals surface area contributed by atoms with Crippen LogP contribution in [-0.2, 0) is 13.0 Å². The number of nitrogens with zero attached hydrogens (tertiary/aromatic N) is 3. The van der Waals surface area contributed by atoms with Gasteiger partial charge in [-0.05, 0) is 63.4 Å². The molecule has 2 aromatic rings. The third kappa shape index (κ3) is 4.25. The van der Waals surface area contributed by atoms with E-state index in [0.717, 1.165) is 18.9 Å². The molecule has 4 rings (SSSR count). The number of imidazole rings is 1. The summed E-state index contributed by atoms with van der Waals surface area (Å²) in [7, 11) is 0. The highest BCUT2D eigenvalue weighted by atomic mass is 15.1. The Hall–Kier alpha value is -1.35. The molecule has 0 amide bonds. The highest BCUT2D eigenvalue weighted by Crippen LogP contribution is 2.28. The van der Waals surface area contributed by atoms with Gasteiger partial charge in [-0.3, -0.25) is 0 Å². The Labute approximate surface area is 152 Å². The second-order valence-corrected chi connectivity index (χ2v) is 8.11. The molecule has 0 atom stereocenters. The van der Waals surface area contributed by atoms with Crippen molar-refractivity contribution in [2.24, 2.45) is 5.92 Å². The van der Waals surface area contributed by atoms with Crippen LogP contribution in [0.15, 0.2) is 24.3 Å². The first-order chi connectivity index (χ1) is 12.4. The molecule has 3 nitrogen and oxygen atoms in total. The number of likely N-dealkylation sites (tertiary alicyclic amines) is 1. The van der Waals surface area contributed by atoms with Gasteiger partial charge in [0.2, 0.25) is 0 Å². The molecule has 0 N–H and O–H groups in total. The number of hydrogen-bond donors (Lipinski definition) is 0. The maximum absolute atomic E-state index is 4.98. The number of aryl methyl sites for hydroxylation is 2. The molecule has 1 aliphatic heterocycles. The van der Waals surface area contributed by atoms with E-state index in [1.165, 1.54) is 94.3 Å². The van der Waals surface area contributed by atoms with Crippen LogP contribution >= 0.6 is 0 Å². The van der Waals surface area contributed by atoms with Crippen molar-refractivity contribution < 1.29 is 0 Å². The minimum atomic E-state index is 0.937. The standard InChI is InChI=1S/C22H33N3/c1-2-9-19(10-3-1)14-18-25-21-12-5-4-11-20(21)23-22(25)13-8-17-24-15-6-7-16-24/h4-5,11-12,19H,1-3,6-10,13-18H2. The lowest BCUT2D eigenvalue weighted by atomic mass is 9.87. The minimum absolute atomic E-state index is 0.937. The topological polar surface area (TPSA) is 21.1 Å². The second kappa shape index (κ2) is 8.35. The third-order valence-corrected chi connectivity index (χ3v) is 6.29. The number of hydrogen-bond acceptors (Lipinski definition) is 2. The van der Waals surface area contributed by atoms with E-state index in [0.29, 0.717) is 0 Å². The van der Waals surface area contributed by atoms with E-state index in [1.54, 1.807) is 0 Å². The normalized spacial score (nSPS) is 19.8. The first-order valence-corrected chi connectivity index (χ1v) is 10.6. The molecule has 2 aliphatic rings. The molecule has 0 unspecified atom stereocenters.